The van der Waals surface area contributed by atoms with Crippen LogP contribution in [0.3, 0.4) is 0 Å². The molecule has 0 radical (unpaired) electrons. The number of carbonyl (C=O) groups is 1. The predicted octanol–water partition coefficient (Wildman–Crippen LogP) is 1.61. The topological polar surface area (TPSA) is 72.5 Å². The van der Waals surface area contributed by atoms with Crippen molar-refractivity contribution in [3.05, 3.63) is 28.3 Å². The van der Waals surface area contributed by atoms with Gasteiger partial charge in [-0.3, -0.25) is 4.79 Å². The molecule has 1 aromatic carbocycles. The molecule has 0 amide bonds. The number of nitrogens with two attached hydrogens (primary N) is 1. The summed E-state index contributed by atoms with van der Waals surface area (Å²) < 4.78 is 5.09. The van der Waals surface area contributed by atoms with Crippen LogP contribution in [0.15, 0.2) is 12.1 Å². The van der Waals surface area contributed by atoms with E-state index >= 15 is 0 Å². The van der Waals surface area contributed by atoms with Crippen molar-refractivity contribution in [1.29, 1.82) is 0 Å². The molecule has 0 bridgehead atoms. The lowest BCUT2D eigenvalue weighted by Gasteiger charge is -2.12. The van der Waals surface area contributed by atoms with Gasteiger partial charge in [0.15, 0.2) is 0 Å². The van der Waals surface area contributed by atoms with Crippen molar-refractivity contribution in [2.45, 2.75) is 19.4 Å². The molecular formula is C11H14ClNO3. The maximum Gasteiger partial charge on any atom is 0.320 e. The van der Waals surface area contributed by atoms with E-state index in [4.69, 9.17) is 27.2 Å². The number of aliphatic carboxylic acids is 1. The van der Waals surface area contributed by atoms with Crippen LogP contribution in [0.2, 0.25) is 5.02 Å². The van der Waals surface area contributed by atoms with Gasteiger partial charge >= 0.3 is 5.97 Å². The van der Waals surface area contributed by atoms with Crippen LogP contribution in [0.4, 0.5) is 0 Å². The number of carboxylic acids is 1. The van der Waals surface area contributed by atoms with Gasteiger partial charge in [0.25, 0.3) is 0 Å². The highest BCUT2D eigenvalue weighted by Crippen LogP contribution is 2.27. The Hall–Kier alpha value is -1.26. The van der Waals surface area contributed by atoms with Crippen molar-refractivity contribution in [3.8, 4) is 5.75 Å². The van der Waals surface area contributed by atoms with Gasteiger partial charge in [0.05, 0.1) is 7.11 Å². The first-order valence-electron chi connectivity index (χ1n) is 4.77. The SMILES string of the molecule is COc1cc(C)c(Cl)c(CC(N)C(=O)O)c1. The highest BCUT2D eigenvalue weighted by molar-refractivity contribution is 6.32. The van der Waals surface area contributed by atoms with Crippen LogP contribution in [0, 0.1) is 6.92 Å². The van der Waals surface area contributed by atoms with Gasteiger partial charge in [0.2, 0.25) is 0 Å². The van der Waals surface area contributed by atoms with Gasteiger partial charge in [-0.25, -0.2) is 0 Å². The van der Waals surface area contributed by atoms with Gasteiger partial charge in [0, 0.05) is 5.02 Å². The molecule has 0 saturated heterocycles. The molecule has 5 heteroatoms. The highest BCUT2D eigenvalue weighted by Gasteiger charge is 2.15. The van der Waals surface area contributed by atoms with Crippen LogP contribution >= 0.6 is 11.6 Å². The normalized spacial score (nSPS) is 12.2. The molecule has 1 unspecified atom stereocenters. The maximum atomic E-state index is 10.7. The molecule has 0 heterocycles. The van der Waals surface area contributed by atoms with Gasteiger partial charge < -0.3 is 15.6 Å². The molecule has 88 valence electrons. The third-order valence-electron chi connectivity index (χ3n) is 2.30. The lowest BCUT2D eigenvalue weighted by molar-refractivity contribution is -0.138. The van der Waals surface area contributed by atoms with Crippen LogP contribution in [0.25, 0.3) is 0 Å². The second kappa shape index (κ2) is 5.18. The molecule has 0 aliphatic heterocycles. The van der Waals surface area contributed by atoms with E-state index < -0.39 is 12.0 Å². The summed E-state index contributed by atoms with van der Waals surface area (Å²) in [6.07, 6.45) is 0.187. The van der Waals surface area contributed by atoms with Gasteiger partial charge in [-0.1, -0.05) is 11.6 Å². The minimum atomic E-state index is -1.04. The van der Waals surface area contributed by atoms with Crippen LogP contribution < -0.4 is 10.5 Å². The monoisotopic (exact) mass is 243 g/mol. The van der Waals surface area contributed by atoms with E-state index in [0.29, 0.717) is 16.3 Å². The largest absolute Gasteiger partial charge is 0.497 e. The number of ether oxygens (including phenoxy) is 1. The minimum Gasteiger partial charge on any atom is -0.497 e. The van der Waals surface area contributed by atoms with Crippen molar-refractivity contribution in [3.63, 3.8) is 0 Å². The van der Waals surface area contributed by atoms with Crippen LogP contribution in [-0.2, 0) is 11.2 Å². The first-order valence-corrected chi connectivity index (χ1v) is 5.15. The lowest BCUT2D eigenvalue weighted by Crippen LogP contribution is -2.32. The number of aryl methyl sites for hydroxylation is 1. The van der Waals surface area contributed by atoms with E-state index in [1.165, 1.54) is 0 Å². The Morgan fingerprint density at radius 1 is 1.62 bits per heavy atom. The Balaban J connectivity index is 3.03. The molecule has 0 aliphatic rings. The van der Waals surface area contributed by atoms with E-state index in [0.717, 1.165) is 5.56 Å². The van der Waals surface area contributed by atoms with E-state index in [9.17, 15) is 4.79 Å². The number of rotatable bonds is 4. The summed E-state index contributed by atoms with van der Waals surface area (Å²) >= 11 is 6.07. The van der Waals surface area contributed by atoms with E-state index in [1.54, 1.807) is 19.2 Å². The summed E-state index contributed by atoms with van der Waals surface area (Å²) in [5.74, 6) is -0.397. The maximum absolute atomic E-state index is 10.7. The third kappa shape index (κ3) is 2.87. The summed E-state index contributed by atoms with van der Waals surface area (Å²) in [7, 11) is 1.55. The lowest BCUT2D eigenvalue weighted by atomic mass is 10.0. The quantitative estimate of drug-likeness (QED) is 0.843. The minimum absolute atomic E-state index is 0.187. The number of halogens is 1. The van der Waals surface area contributed by atoms with Gasteiger partial charge in [-0.15, -0.1) is 0 Å². The molecular weight excluding hydrogens is 230 g/mol. The first-order chi connectivity index (χ1) is 7.45. The summed E-state index contributed by atoms with van der Waals surface area (Å²) in [6.45, 7) is 1.83. The standard InChI is InChI=1S/C11H14ClNO3/c1-6-3-8(16-2)4-7(10(6)12)5-9(13)11(14)15/h3-4,9H,5,13H2,1-2H3,(H,14,15). The Morgan fingerprint density at radius 3 is 2.75 bits per heavy atom. The van der Waals surface area contributed by atoms with Crippen molar-refractivity contribution in [2.75, 3.05) is 7.11 Å². The summed E-state index contributed by atoms with van der Waals surface area (Å²) in [5, 5.41) is 9.27. The number of methoxy groups -OCH3 is 1. The summed E-state index contributed by atoms with van der Waals surface area (Å²) in [5.41, 5.74) is 6.99. The van der Waals surface area contributed by atoms with Crippen molar-refractivity contribution in [1.82, 2.24) is 0 Å². The van der Waals surface area contributed by atoms with Crippen LogP contribution in [0.5, 0.6) is 5.75 Å². The molecule has 1 rings (SSSR count). The van der Waals surface area contributed by atoms with E-state index in [2.05, 4.69) is 0 Å². The molecule has 0 aliphatic carbocycles. The number of hydrogen-bond donors (Lipinski definition) is 2. The Labute approximate surface area is 99.0 Å². The molecule has 0 saturated carbocycles. The fourth-order valence-corrected chi connectivity index (χ4v) is 1.58. The van der Waals surface area contributed by atoms with E-state index in [-0.39, 0.29) is 6.42 Å². The molecule has 0 spiro atoms. The zero-order valence-electron chi connectivity index (χ0n) is 9.16. The van der Waals surface area contributed by atoms with Crippen molar-refractivity contribution < 1.29 is 14.6 Å². The Kier molecular flexibility index (Phi) is 4.15. The zero-order chi connectivity index (χ0) is 12.3. The molecule has 3 N–H and O–H groups in total. The summed E-state index contributed by atoms with van der Waals surface area (Å²) in [4.78, 5) is 10.7. The second-order valence-corrected chi connectivity index (χ2v) is 3.94. The average Bonchev–Trinajstić information content (AvgIpc) is 2.24. The second-order valence-electron chi connectivity index (χ2n) is 3.57. The smallest absolute Gasteiger partial charge is 0.320 e. The van der Waals surface area contributed by atoms with Gasteiger partial charge in [-0.05, 0) is 36.6 Å². The number of hydrogen-bond acceptors (Lipinski definition) is 3. The Bertz CT molecular complexity index is 406. The molecule has 0 fully saturated rings. The molecule has 4 nitrogen and oxygen atoms in total. The fraction of sp³-hybridized carbons (Fsp3) is 0.364. The first kappa shape index (κ1) is 12.8. The predicted molar refractivity (Wildman–Crippen MR) is 62.1 cm³/mol. The molecule has 1 aromatic rings. The van der Waals surface area contributed by atoms with E-state index in [1.807, 2.05) is 6.92 Å². The van der Waals surface area contributed by atoms with Crippen molar-refractivity contribution in [2.24, 2.45) is 5.73 Å². The molecule has 0 aromatic heterocycles. The zero-order valence-corrected chi connectivity index (χ0v) is 9.91. The van der Waals surface area contributed by atoms with Gasteiger partial charge in [-0.2, -0.15) is 0 Å². The summed E-state index contributed by atoms with van der Waals surface area (Å²) in [6, 6.07) is 2.54. The fourth-order valence-electron chi connectivity index (χ4n) is 1.40. The number of carboxylic acid groups (broad SMARTS) is 1. The van der Waals surface area contributed by atoms with Crippen LogP contribution in [-0.4, -0.2) is 24.2 Å². The molecule has 1 atom stereocenters. The van der Waals surface area contributed by atoms with Gasteiger partial charge in [0.1, 0.15) is 11.8 Å². The molecule has 16 heavy (non-hydrogen) atoms. The third-order valence-corrected chi connectivity index (χ3v) is 2.84. The van der Waals surface area contributed by atoms with Crippen molar-refractivity contribution >= 4 is 17.6 Å². The Morgan fingerprint density at radius 2 is 2.25 bits per heavy atom. The average molecular weight is 244 g/mol. The number of benzene rings is 1. The highest BCUT2D eigenvalue weighted by atomic mass is 35.5. The van der Waals surface area contributed by atoms with Crippen LogP contribution in [0.1, 0.15) is 11.1 Å².